The number of hydrogen-bond acceptors (Lipinski definition) is 4. The van der Waals surface area contributed by atoms with Gasteiger partial charge >= 0.3 is 0 Å². The van der Waals surface area contributed by atoms with Crippen LogP contribution in [0.25, 0.3) is 0 Å². The summed E-state index contributed by atoms with van der Waals surface area (Å²) in [5.41, 5.74) is 3.13. The van der Waals surface area contributed by atoms with Crippen molar-refractivity contribution in [2.45, 2.75) is 20.5 Å². The lowest BCUT2D eigenvalue weighted by molar-refractivity contribution is 0.302. The van der Waals surface area contributed by atoms with Gasteiger partial charge in [0, 0.05) is 22.3 Å². The molecule has 5 heteroatoms. The molecule has 0 aliphatic rings. The maximum absolute atomic E-state index is 5.57. The molecule has 0 saturated heterocycles. The van der Waals surface area contributed by atoms with Crippen LogP contribution in [0.4, 0.5) is 0 Å². The second-order valence-electron chi connectivity index (χ2n) is 3.42. The van der Waals surface area contributed by atoms with Crippen LogP contribution < -0.4 is 4.74 Å². The molecular weight excluding hydrogens is 288 g/mol. The Bertz CT molecular complexity index is 498. The van der Waals surface area contributed by atoms with Gasteiger partial charge < -0.3 is 4.74 Å². The predicted octanol–water partition coefficient (Wildman–Crippen LogP) is 3.50. The highest BCUT2D eigenvalue weighted by molar-refractivity contribution is 9.10. The van der Waals surface area contributed by atoms with Gasteiger partial charge in [-0.1, -0.05) is 17.4 Å². The zero-order chi connectivity index (χ0) is 11.5. The lowest BCUT2D eigenvalue weighted by atomic mass is 10.2. The average Bonchev–Trinajstić information content (AvgIpc) is 2.63. The molecule has 2 heterocycles. The number of nitrogens with zero attached hydrogens (tertiary/aromatic N) is 2. The number of aryl methyl sites for hydroxylation is 2. The fourth-order valence-electron chi connectivity index (χ4n) is 1.31. The van der Waals surface area contributed by atoms with Crippen molar-refractivity contribution in [3.05, 3.63) is 39.1 Å². The highest BCUT2D eigenvalue weighted by atomic mass is 79.9. The lowest BCUT2D eigenvalue weighted by Gasteiger charge is -2.06. The van der Waals surface area contributed by atoms with Crippen LogP contribution in [-0.2, 0) is 6.61 Å². The molecule has 0 N–H and O–H groups in total. The lowest BCUT2D eigenvalue weighted by Crippen LogP contribution is -2.00. The third kappa shape index (κ3) is 2.80. The van der Waals surface area contributed by atoms with Gasteiger partial charge in [-0.25, -0.2) is 0 Å². The third-order valence-corrected chi connectivity index (χ3v) is 3.60. The van der Waals surface area contributed by atoms with Crippen LogP contribution in [0, 0.1) is 13.8 Å². The number of pyridine rings is 1. The minimum atomic E-state index is 0.513. The van der Waals surface area contributed by atoms with Crippen molar-refractivity contribution in [2.24, 2.45) is 0 Å². The predicted molar refractivity (Wildman–Crippen MR) is 67.9 cm³/mol. The van der Waals surface area contributed by atoms with Crippen LogP contribution in [0.15, 0.2) is 22.1 Å². The van der Waals surface area contributed by atoms with E-state index in [4.69, 9.17) is 4.74 Å². The van der Waals surface area contributed by atoms with Gasteiger partial charge in [-0.2, -0.15) is 4.98 Å². The number of aromatic nitrogens is 2. The zero-order valence-electron chi connectivity index (χ0n) is 9.03. The van der Waals surface area contributed by atoms with Gasteiger partial charge in [0.05, 0.1) is 0 Å². The first-order valence-electron chi connectivity index (χ1n) is 4.82. The molecule has 0 aliphatic carbocycles. The van der Waals surface area contributed by atoms with Gasteiger partial charge in [0.2, 0.25) is 0 Å². The van der Waals surface area contributed by atoms with Crippen molar-refractivity contribution in [3.8, 4) is 5.19 Å². The Balaban J connectivity index is 2.04. The molecule has 0 aliphatic heterocycles. The highest BCUT2D eigenvalue weighted by Crippen LogP contribution is 2.22. The molecule has 0 spiro atoms. The van der Waals surface area contributed by atoms with Crippen LogP contribution in [0.3, 0.4) is 0 Å². The summed E-state index contributed by atoms with van der Waals surface area (Å²) < 4.78 is 6.38. The van der Waals surface area contributed by atoms with E-state index < -0.39 is 0 Å². The molecule has 0 fully saturated rings. The Morgan fingerprint density at radius 1 is 1.31 bits per heavy atom. The van der Waals surface area contributed by atoms with Crippen molar-refractivity contribution < 1.29 is 4.74 Å². The first-order valence-corrected chi connectivity index (χ1v) is 6.49. The molecular formula is C11H11BrN2OS. The van der Waals surface area contributed by atoms with E-state index in [2.05, 4.69) is 25.9 Å². The molecule has 2 aromatic rings. The smallest absolute Gasteiger partial charge is 0.274 e. The topological polar surface area (TPSA) is 35.0 Å². The van der Waals surface area contributed by atoms with Gasteiger partial charge in [0.25, 0.3) is 5.19 Å². The van der Waals surface area contributed by atoms with E-state index in [1.54, 1.807) is 0 Å². The maximum Gasteiger partial charge on any atom is 0.274 e. The molecule has 0 atom stereocenters. The summed E-state index contributed by atoms with van der Waals surface area (Å²) in [6.45, 7) is 4.48. The van der Waals surface area contributed by atoms with Gasteiger partial charge in [-0.3, -0.25) is 4.98 Å². The van der Waals surface area contributed by atoms with Gasteiger partial charge in [-0.05, 0) is 35.8 Å². The molecule has 0 radical (unpaired) electrons. The van der Waals surface area contributed by atoms with Crippen LogP contribution in [0.1, 0.15) is 17.0 Å². The third-order valence-electron chi connectivity index (χ3n) is 2.14. The van der Waals surface area contributed by atoms with E-state index in [-0.39, 0.29) is 0 Å². The van der Waals surface area contributed by atoms with Crippen LogP contribution in [0.5, 0.6) is 5.19 Å². The number of hydrogen-bond donors (Lipinski definition) is 0. The number of ether oxygens (including phenoxy) is 1. The number of halogens is 1. The first-order chi connectivity index (χ1) is 7.65. The largest absolute Gasteiger partial charge is 0.465 e. The molecule has 0 unspecified atom stereocenters. The minimum Gasteiger partial charge on any atom is -0.465 e. The SMILES string of the molecule is Cc1ccc(COc2nc(Br)cs2)c(C)n1. The zero-order valence-corrected chi connectivity index (χ0v) is 11.4. The summed E-state index contributed by atoms with van der Waals surface area (Å²) in [6, 6.07) is 4.03. The second kappa shape index (κ2) is 4.93. The number of rotatable bonds is 3. The standard InChI is InChI=1S/C11H11BrN2OS/c1-7-3-4-9(8(2)13-7)5-15-11-14-10(12)6-16-11/h3-4,6H,5H2,1-2H3. The molecule has 0 amide bonds. The fraction of sp³-hybridized carbons (Fsp3) is 0.273. The van der Waals surface area contributed by atoms with Crippen molar-refractivity contribution in [1.29, 1.82) is 0 Å². The summed E-state index contributed by atoms with van der Waals surface area (Å²) in [5, 5.41) is 2.57. The van der Waals surface area contributed by atoms with E-state index >= 15 is 0 Å². The Labute approximate surface area is 107 Å². The Kier molecular flexibility index (Phi) is 3.56. The Morgan fingerprint density at radius 2 is 2.12 bits per heavy atom. The summed E-state index contributed by atoms with van der Waals surface area (Å²) in [4.78, 5) is 8.55. The summed E-state index contributed by atoms with van der Waals surface area (Å²) in [6.07, 6.45) is 0. The first kappa shape index (κ1) is 11.5. The monoisotopic (exact) mass is 298 g/mol. The van der Waals surface area contributed by atoms with E-state index in [0.29, 0.717) is 11.8 Å². The van der Waals surface area contributed by atoms with Crippen LogP contribution in [-0.4, -0.2) is 9.97 Å². The molecule has 16 heavy (non-hydrogen) atoms. The molecule has 3 nitrogen and oxygen atoms in total. The van der Waals surface area contributed by atoms with Gasteiger partial charge in [0.15, 0.2) is 0 Å². The van der Waals surface area contributed by atoms with Crippen LogP contribution in [0.2, 0.25) is 0 Å². The summed E-state index contributed by atoms with van der Waals surface area (Å²) in [7, 11) is 0. The molecule has 0 aromatic carbocycles. The van der Waals surface area contributed by atoms with Crippen LogP contribution >= 0.6 is 27.3 Å². The molecule has 0 saturated carbocycles. The minimum absolute atomic E-state index is 0.513. The quantitative estimate of drug-likeness (QED) is 0.870. The molecule has 2 aromatic heterocycles. The normalized spacial score (nSPS) is 10.4. The van der Waals surface area contributed by atoms with Crippen molar-refractivity contribution in [3.63, 3.8) is 0 Å². The molecule has 84 valence electrons. The van der Waals surface area contributed by atoms with E-state index in [9.17, 15) is 0 Å². The summed E-state index contributed by atoms with van der Waals surface area (Å²) in [5.74, 6) is 0. The molecule has 0 bridgehead atoms. The van der Waals surface area contributed by atoms with Crippen molar-refractivity contribution >= 4 is 27.3 Å². The molecule has 2 rings (SSSR count). The fourth-order valence-corrected chi connectivity index (χ4v) is 2.40. The maximum atomic E-state index is 5.57. The van der Waals surface area contributed by atoms with E-state index in [1.807, 2.05) is 31.4 Å². The van der Waals surface area contributed by atoms with E-state index in [1.165, 1.54) is 11.3 Å². The van der Waals surface area contributed by atoms with E-state index in [0.717, 1.165) is 21.6 Å². The van der Waals surface area contributed by atoms with Crippen molar-refractivity contribution in [1.82, 2.24) is 9.97 Å². The number of thiazole rings is 1. The average molecular weight is 299 g/mol. The Hall–Kier alpha value is -0.940. The Morgan fingerprint density at radius 3 is 2.75 bits per heavy atom. The second-order valence-corrected chi connectivity index (χ2v) is 5.06. The highest BCUT2D eigenvalue weighted by Gasteiger charge is 2.04. The van der Waals surface area contributed by atoms with Gasteiger partial charge in [-0.15, -0.1) is 0 Å². The van der Waals surface area contributed by atoms with Gasteiger partial charge in [0.1, 0.15) is 11.2 Å². The summed E-state index contributed by atoms with van der Waals surface area (Å²) >= 11 is 4.77. The van der Waals surface area contributed by atoms with Crippen molar-refractivity contribution in [2.75, 3.05) is 0 Å².